The van der Waals surface area contributed by atoms with Gasteiger partial charge in [0, 0.05) is 27.9 Å². The smallest absolute Gasteiger partial charge is 0.251 e. The average Bonchev–Trinajstić information content (AvgIpc) is 3.01. The minimum absolute atomic E-state index is 0.0124. The van der Waals surface area contributed by atoms with Crippen LogP contribution in [0, 0.1) is 5.92 Å². The van der Waals surface area contributed by atoms with Gasteiger partial charge in [-0.1, -0.05) is 23.9 Å². The number of benzene rings is 2. The molecular weight excluding hydrogens is 370 g/mol. The number of primary amides is 1. The van der Waals surface area contributed by atoms with E-state index in [1.54, 1.807) is 12.1 Å². The Morgan fingerprint density at radius 2 is 1.75 bits per heavy atom. The van der Waals surface area contributed by atoms with Crippen LogP contribution in [0.15, 0.2) is 58.3 Å². The fourth-order valence-electron chi connectivity index (χ4n) is 4.13. The Hall–Kier alpha value is -2.31. The van der Waals surface area contributed by atoms with Gasteiger partial charge < -0.3 is 16.0 Å². The average molecular weight is 396 g/mol. The minimum Gasteiger partial charge on any atom is -0.366 e. The van der Waals surface area contributed by atoms with Gasteiger partial charge in [-0.05, 0) is 74.7 Å². The van der Waals surface area contributed by atoms with E-state index in [1.165, 1.54) is 24.6 Å². The van der Waals surface area contributed by atoms with Crippen molar-refractivity contribution >= 4 is 23.6 Å². The summed E-state index contributed by atoms with van der Waals surface area (Å²) in [6, 6.07) is 15.0. The highest BCUT2D eigenvalue weighted by Crippen LogP contribution is 2.31. The summed E-state index contributed by atoms with van der Waals surface area (Å²) in [7, 11) is 0. The van der Waals surface area contributed by atoms with Crippen LogP contribution in [0.5, 0.6) is 0 Å². The lowest BCUT2D eigenvalue weighted by Crippen LogP contribution is -2.41. The van der Waals surface area contributed by atoms with Crippen molar-refractivity contribution in [3.8, 4) is 0 Å². The summed E-state index contributed by atoms with van der Waals surface area (Å²) in [5.74, 6) is 0.293. The quantitative estimate of drug-likeness (QED) is 0.815. The van der Waals surface area contributed by atoms with E-state index >= 15 is 0 Å². The molecule has 3 N–H and O–H groups in total. The van der Waals surface area contributed by atoms with Crippen molar-refractivity contribution in [3.63, 3.8) is 0 Å². The first-order valence-corrected chi connectivity index (χ1v) is 10.6. The number of hydrogen-bond donors (Lipinski definition) is 2. The Morgan fingerprint density at radius 3 is 2.46 bits per heavy atom. The predicted octanol–water partition coefficient (Wildman–Crippen LogP) is 3.15. The monoisotopic (exact) mass is 395 g/mol. The van der Waals surface area contributed by atoms with Gasteiger partial charge in [0.15, 0.2) is 0 Å². The van der Waals surface area contributed by atoms with E-state index in [4.69, 9.17) is 5.73 Å². The van der Waals surface area contributed by atoms with Gasteiger partial charge in [0.1, 0.15) is 0 Å². The Balaban J connectivity index is 1.40. The summed E-state index contributed by atoms with van der Waals surface area (Å²) in [6.45, 7) is 3.28. The zero-order chi connectivity index (χ0) is 19.5. The molecule has 3 saturated heterocycles. The molecule has 0 radical (unpaired) electrons. The lowest BCUT2D eigenvalue weighted by Gasteiger charge is -2.26. The number of fused-ring (bicyclic) bond motifs is 4. The highest BCUT2D eigenvalue weighted by atomic mass is 32.2. The van der Waals surface area contributed by atoms with Crippen LogP contribution >= 0.6 is 11.8 Å². The molecule has 28 heavy (non-hydrogen) atoms. The van der Waals surface area contributed by atoms with Gasteiger partial charge in [-0.2, -0.15) is 0 Å². The second-order valence-corrected chi connectivity index (χ2v) is 8.75. The van der Waals surface area contributed by atoms with E-state index < -0.39 is 5.91 Å². The van der Waals surface area contributed by atoms with E-state index in [0.717, 1.165) is 41.8 Å². The summed E-state index contributed by atoms with van der Waals surface area (Å²) < 4.78 is 0. The molecule has 0 aromatic heterocycles. The molecule has 2 aromatic rings. The molecule has 3 heterocycles. The molecule has 0 aliphatic carbocycles. The molecule has 146 valence electrons. The fraction of sp³-hybridized carbons (Fsp3) is 0.364. The lowest BCUT2D eigenvalue weighted by atomic mass is 9.94. The molecule has 3 fully saturated rings. The maximum atomic E-state index is 12.7. The van der Waals surface area contributed by atoms with Gasteiger partial charge in [0.25, 0.3) is 5.91 Å². The Kier molecular flexibility index (Phi) is 5.69. The van der Waals surface area contributed by atoms with Gasteiger partial charge in [-0.15, -0.1) is 0 Å². The van der Waals surface area contributed by atoms with Crippen LogP contribution in [-0.4, -0.2) is 42.4 Å². The van der Waals surface area contributed by atoms with E-state index in [-0.39, 0.29) is 11.9 Å². The molecule has 0 saturated carbocycles. The number of nitrogens with one attached hydrogen (secondary N) is 1. The van der Waals surface area contributed by atoms with E-state index in [0.29, 0.717) is 11.1 Å². The van der Waals surface area contributed by atoms with E-state index in [1.807, 2.05) is 36.4 Å². The number of hydrogen-bond acceptors (Lipinski definition) is 4. The molecule has 1 unspecified atom stereocenters. The number of rotatable bonds is 5. The highest BCUT2D eigenvalue weighted by Gasteiger charge is 2.29. The van der Waals surface area contributed by atoms with Crippen LogP contribution in [0.4, 0.5) is 0 Å². The van der Waals surface area contributed by atoms with E-state index in [9.17, 15) is 9.59 Å². The van der Waals surface area contributed by atoms with Gasteiger partial charge in [0.05, 0.1) is 5.56 Å². The SMILES string of the molecule is NC(=O)c1ccccc1Sc1ccc(C(=O)NC2CC3CCN(CC3)C2)cc1. The lowest BCUT2D eigenvalue weighted by molar-refractivity contribution is 0.0927. The zero-order valence-corrected chi connectivity index (χ0v) is 16.6. The molecule has 5 nitrogen and oxygen atoms in total. The van der Waals surface area contributed by atoms with Gasteiger partial charge >= 0.3 is 0 Å². The fourth-order valence-corrected chi connectivity index (χ4v) is 5.08. The highest BCUT2D eigenvalue weighted by molar-refractivity contribution is 7.99. The van der Waals surface area contributed by atoms with Crippen molar-refractivity contribution in [2.75, 3.05) is 19.6 Å². The number of carbonyl (C=O) groups is 2. The second kappa shape index (κ2) is 8.37. The molecule has 3 aliphatic heterocycles. The first kappa shape index (κ1) is 19.0. The first-order chi connectivity index (χ1) is 13.6. The Morgan fingerprint density at radius 1 is 1.04 bits per heavy atom. The normalized spacial score (nSPS) is 23.8. The predicted molar refractivity (Wildman–Crippen MR) is 111 cm³/mol. The van der Waals surface area contributed by atoms with Crippen LogP contribution < -0.4 is 11.1 Å². The van der Waals surface area contributed by atoms with Gasteiger partial charge in [-0.3, -0.25) is 9.59 Å². The first-order valence-electron chi connectivity index (χ1n) is 9.78. The third-order valence-corrected chi connectivity index (χ3v) is 6.72. The third-order valence-electron chi connectivity index (χ3n) is 5.64. The molecule has 2 aromatic carbocycles. The summed E-state index contributed by atoms with van der Waals surface area (Å²) in [5, 5.41) is 3.22. The topological polar surface area (TPSA) is 75.4 Å². The standard InChI is InChI=1S/C22H25N3O2S/c23-21(26)19-3-1-2-4-20(19)28-18-7-5-16(6-8-18)22(27)24-17-13-15-9-11-25(14-17)12-10-15/h1-8,15,17H,9-14H2,(H2,23,26)(H,24,27). The van der Waals surface area contributed by atoms with Crippen LogP contribution in [0.3, 0.4) is 0 Å². The van der Waals surface area contributed by atoms with Crippen molar-refractivity contribution in [2.45, 2.75) is 35.1 Å². The molecule has 1 atom stereocenters. The zero-order valence-electron chi connectivity index (χ0n) is 15.8. The number of amides is 2. The van der Waals surface area contributed by atoms with Crippen molar-refractivity contribution in [3.05, 3.63) is 59.7 Å². The molecular formula is C22H25N3O2S. The van der Waals surface area contributed by atoms with Crippen LogP contribution in [0.1, 0.15) is 40.0 Å². The number of piperidine rings is 1. The van der Waals surface area contributed by atoms with Crippen molar-refractivity contribution in [1.82, 2.24) is 10.2 Å². The maximum absolute atomic E-state index is 12.7. The van der Waals surface area contributed by atoms with E-state index in [2.05, 4.69) is 10.2 Å². The summed E-state index contributed by atoms with van der Waals surface area (Å²) >= 11 is 1.47. The number of nitrogens with zero attached hydrogens (tertiary/aromatic N) is 1. The van der Waals surface area contributed by atoms with Crippen LogP contribution in [0.25, 0.3) is 0 Å². The van der Waals surface area contributed by atoms with Gasteiger partial charge in [0.2, 0.25) is 5.91 Å². The molecule has 2 amide bonds. The molecule has 5 rings (SSSR count). The second-order valence-electron chi connectivity index (χ2n) is 7.64. The van der Waals surface area contributed by atoms with Crippen molar-refractivity contribution in [2.24, 2.45) is 11.7 Å². The summed E-state index contributed by atoms with van der Waals surface area (Å²) in [5.41, 5.74) is 6.62. The third kappa shape index (κ3) is 4.39. The van der Waals surface area contributed by atoms with Crippen molar-refractivity contribution < 1.29 is 9.59 Å². The molecule has 0 spiro atoms. The summed E-state index contributed by atoms with van der Waals surface area (Å²) in [6.07, 6.45) is 3.59. The largest absolute Gasteiger partial charge is 0.366 e. The van der Waals surface area contributed by atoms with Crippen LogP contribution in [0.2, 0.25) is 0 Å². The molecule has 2 bridgehead atoms. The number of carbonyl (C=O) groups excluding carboxylic acids is 2. The van der Waals surface area contributed by atoms with Crippen molar-refractivity contribution in [1.29, 1.82) is 0 Å². The summed E-state index contributed by atoms with van der Waals surface area (Å²) in [4.78, 5) is 28.5. The minimum atomic E-state index is -0.438. The van der Waals surface area contributed by atoms with Crippen LogP contribution in [-0.2, 0) is 0 Å². The maximum Gasteiger partial charge on any atom is 0.251 e. The molecule has 6 heteroatoms. The Bertz CT molecular complexity index is 846. The Labute approximate surface area is 169 Å². The molecule has 3 aliphatic rings. The van der Waals surface area contributed by atoms with Gasteiger partial charge in [-0.25, -0.2) is 0 Å². The number of nitrogens with two attached hydrogens (primary N) is 1.